The predicted molar refractivity (Wildman–Crippen MR) is 183 cm³/mol. The number of allylic oxidation sites excluding steroid dienone is 5. The number of piperidine rings is 1. The predicted octanol–water partition coefficient (Wildman–Crippen LogP) is 9.85. The van der Waals surface area contributed by atoms with Gasteiger partial charge in [0, 0.05) is 29.9 Å². The molecule has 2 aromatic rings. The van der Waals surface area contributed by atoms with Crippen LogP contribution in [0.4, 0.5) is 0 Å². The zero-order valence-corrected chi connectivity index (χ0v) is 26.8. The number of hydrogen-bond donors (Lipinski definition) is 1. The van der Waals surface area contributed by atoms with Gasteiger partial charge in [-0.3, -0.25) is 4.90 Å². The van der Waals surface area contributed by atoms with Crippen LogP contribution in [0.3, 0.4) is 0 Å². The lowest BCUT2D eigenvalue weighted by Crippen LogP contribution is -2.33. The number of benzene rings is 2. The molecule has 0 aromatic heterocycles. The molecule has 1 saturated heterocycles. The molecule has 1 fully saturated rings. The van der Waals surface area contributed by atoms with Crippen molar-refractivity contribution in [3.05, 3.63) is 119 Å². The van der Waals surface area contributed by atoms with Crippen molar-refractivity contribution in [2.45, 2.75) is 85.6 Å². The molecule has 1 N–H and O–H groups in total. The Morgan fingerprint density at radius 3 is 2.50 bits per heavy atom. The van der Waals surface area contributed by atoms with Crippen LogP contribution >= 0.6 is 0 Å². The van der Waals surface area contributed by atoms with Crippen molar-refractivity contribution in [1.82, 2.24) is 10.2 Å². The van der Waals surface area contributed by atoms with E-state index in [0.717, 1.165) is 61.3 Å². The molecule has 1 aliphatic heterocycles. The second-order valence-electron chi connectivity index (χ2n) is 11.7. The van der Waals surface area contributed by atoms with E-state index in [4.69, 9.17) is 0 Å². The normalized spacial score (nSPS) is 16.1. The summed E-state index contributed by atoms with van der Waals surface area (Å²) in [4.78, 5) is 2.61. The van der Waals surface area contributed by atoms with Crippen LogP contribution < -0.4 is 5.32 Å². The van der Waals surface area contributed by atoms with E-state index in [1.807, 2.05) is 32.0 Å². The Morgan fingerprint density at radius 2 is 1.74 bits per heavy atom. The van der Waals surface area contributed by atoms with Crippen molar-refractivity contribution in [2.24, 2.45) is 11.8 Å². The Morgan fingerprint density at radius 1 is 1.00 bits per heavy atom. The quantitative estimate of drug-likeness (QED) is 0.259. The van der Waals surface area contributed by atoms with Crippen LogP contribution in [0.5, 0.6) is 0 Å². The Kier molecular flexibility index (Phi) is 15.0. The Labute approximate surface area is 257 Å². The van der Waals surface area contributed by atoms with Gasteiger partial charge in [-0.15, -0.1) is 0 Å². The smallest absolute Gasteiger partial charge is 0.0340 e. The highest BCUT2D eigenvalue weighted by molar-refractivity contribution is 5.45. The third-order valence-electron chi connectivity index (χ3n) is 8.22. The van der Waals surface area contributed by atoms with Crippen LogP contribution in [0.2, 0.25) is 0 Å². The van der Waals surface area contributed by atoms with E-state index < -0.39 is 0 Å². The third-order valence-corrected chi connectivity index (χ3v) is 8.22. The molecule has 2 aliphatic rings. The summed E-state index contributed by atoms with van der Waals surface area (Å²) in [6.45, 7) is 17.4. The highest BCUT2D eigenvalue weighted by atomic mass is 15.1. The minimum atomic E-state index is 0.752. The van der Waals surface area contributed by atoms with Gasteiger partial charge in [-0.1, -0.05) is 126 Å². The average Bonchev–Trinajstić information content (AvgIpc) is 3.27. The fourth-order valence-corrected chi connectivity index (χ4v) is 5.67. The van der Waals surface area contributed by atoms with E-state index in [9.17, 15) is 0 Å². The number of hydrogen-bond acceptors (Lipinski definition) is 2. The zero-order chi connectivity index (χ0) is 30.0. The van der Waals surface area contributed by atoms with Crippen LogP contribution in [0.25, 0.3) is 0 Å². The molecule has 2 nitrogen and oxygen atoms in total. The van der Waals surface area contributed by atoms with Gasteiger partial charge in [0.15, 0.2) is 0 Å². The van der Waals surface area contributed by atoms with Gasteiger partial charge in [-0.2, -0.15) is 0 Å². The first-order valence-electron chi connectivity index (χ1n) is 16.5. The molecule has 1 aliphatic carbocycles. The minimum Gasteiger partial charge on any atom is -0.385 e. The fraction of sp³-hybridized carbons (Fsp3) is 0.450. The summed E-state index contributed by atoms with van der Waals surface area (Å²) < 4.78 is 0. The standard InChI is InChI=1S/C38H48N2.C2H6/c1-4-5-12-31(2)21-24-39-32(3)38-18-10-9-15-36(29-38)27-35-22-25-40(26-23-35)30-37-17-11-16-34(28-37)20-19-33-13-7-6-8-14-33;1-2/h6-8,10-11,13-18,28-29,31,35,39H,3-5,9,12,21-27,30H2,1-2H3;1-2H3. The van der Waals surface area contributed by atoms with Gasteiger partial charge in [0.2, 0.25) is 0 Å². The Bertz CT molecular complexity index is 1230. The molecule has 2 heteroatoms. The first kappa shape index (κ1) is 33.2. The maximum Gasteiger partial charge on any atom is 0.0340 e. The van der Waals surface area contributed by atoms with Crippen molar-refractivity contribution in [3.8, 4) is 11.8 Å². The molecule has 0 radical (unpaired) electrons. The average molecular weight is 563 g/mol. The molecule has 4 rings (SSSR count). The van der Waals surface area contributed by atoms with Gasteiger partial charge >= 0.3 is 0 Å². The number of rotatable bonds is 12. The van der Waals surface area contributed by atoms with Crippen molar-refractivity contribution in [3.63, 3.8) is 0 Å². The number of nitrogens with one attached hydrogen (secondary N) is 1. The van der Waals surface area contributed by atoms with E-state index in [-0.39, 0.29) is 0 Å². The van der Waals surface area contributed by atoms with E-state index in [0.29, 0.717) is 0 Å². The van der Waals surface area contributed by atoms with Crippen LogP contribution in [-0.2, 0) is 6.54 Å². The van der Waals surface area contributed by atoms with Gasteiger partial charge in [0.25, 0.3) is 0 Å². The van der Waals surface area contributed by atoms with E-state index >= 15 is 0 Å². The molecule has 42 heavy (non-hydrogen) atoms. The molecule has 0 spiro atoms. The molecule has 1 atom stereocenters. The number of likely N-dealkylation sites (tertiary alicyclic amines) is 1. The molecule has 0 amide bonds. The third kappa shape index (κ3) is 11.9. The molecule has 1 heterocycles. The number of unbranched alkanes of at least 4 members (excludes halogenated alkanes) is 1. The summed E-state index contributed by atoms with van der Waals surface area (Å²) >= 11 is 0. The maximum atomic E-state index is 4.37. The molecule has 224 valence electrons. The molecule has 0 bridgehead atoms. The molecule has 1 unspecified atom stereocenters. The first-order valence-corrected chi connectivity index (χ1v) is 16.5. The molecule has 2 aromatic carbocycles. The first-order chi connectivity index (χ1) is 20.6. The van der Waals surface area contributed by atoms with Crippen molar-refractivity contribution < 1.29 is 0 Å². The van der Waals surface area contributed by atoms with E-state index in [1.165, 1.54) is 61.7 Å². The van der Waals surface area contributed by atoms with Crippen molar-refractivity contribution in [2.75, 3.05) is 19.6 Å². The van der Waals surface area contributed by atoms with E-state index in [1.54, 1.807) is 0 Å². The largest absolute Gasteiger partial charge is 0.385 e. The monoisotopic (exact) mass is 562 g/mol. The summed E-state index contributed by atoms with van der Waals surface area (Å²) in [5.74, 6) is 8.15. The van der Waals surface area contributed by atoms with Gasteiger partial charge in [-0.25, -0.2) is 0 Å². The summed E-state index contributed by atoms with van der Waals surface area (Å²) in [5, 5.41) is 3.60. The lowest BCUT2D eigenvalue weighted by atomic mass is 9.89. The number of nitrogens with zero attached hydrogens (tertiary/aromatic N) is 1. The summed E-state index contributed by atoms with van der Waals surface area (Å²) in [5.41, 5.74) is 7.30. The second kappa shape index (κ2) is 19.0. The van der Waals surface area contributed by atoms with Crippen molar-refractivity contribution in [1.29, 1.82) is 0 Å². The maximum absolute atomic E-state index is 4.37. The lowest BCUT2D eigenvalue weighted by Gasteiger charge is -2.32. The highest BCUT2D eigenvalue weighted by Gasteiger charge is 2.20. The Balaban J connectivity index is 0.00000237. The molecular formula is C40H54N2. The SMILES string of the molecule is C=C(NCCC(C)CCCC)C1=CC(CC2CCN(Cc3cccc(C#Cc4ccccc4)c3)CC2)=CCC=C1.CC. The van der Waals surface area contributed by atoms with Gasteiger partial charge < -0.3 is 5.32 Å². The van der Waals surface area contributed by atoms with Gasteiger partial charge in [0.1, 0.15) is 0 Å². The summed E-state index contributed by atoms with van der Waals surface area (Å²) in [7, 11) is 0. The van der Waals surface area contributed by atoms with Crippen LogP contribution in [-0.4, -0.2) is 24.5 Å². The van der Waals surface area contributed by atoms with Crippen LogP contribution in [0, 0.1) is 23.7 Å². The molecule has 0 saturated carbocycles. The molecular weight excluding hydrogens is 508 g/mol. The summed E-state index contributed by atoms with van der Waals surface area (Å²) in [6, 6.07) is 19.0. The van der Waals surface area contributed by atoms with Crippen molar-refractivity contribution >= 4 is 0 Å². The van der Waals surface area contributed by atoms with Crippen LogP contribution in [0.1, 0.15) is 95.8 Å². The van der Waals surface area contributed by atoms with Crippen LogP contribution in [0.15, 0.2) is 102 Å². The highest BCUT2D eigenvalue weighted by Crippen LogP contribution is 2.28. The summed E-state index contributed by atoms with van der Waals surface area (Å²) in [6.07, 6.45) is 19.2. The zero-order valence-electron chi connectivity index (χ0n) is 26.8. The second-order valence-corrected chi connectivity index (χ2v) is 11.7. The topological polar surface area (TPSA) is 15.3 Å². The van der Waals surface area contributed by atoms with Gasteiger partial charge in [-0.05, 0) is 92.4 Å². The van der Waals surface area contributed by atoms with Gasteiger partial charge in [0.05, 0.1) is 0 Å². The fourth-order valence-electron chi connectivity index (χ4n) is 5.67. The lowest BCUT2D eigenvalue weighted by molar-refractivity contribution is 0.177. The minimum absolute atomic E-state index is 0.752. The Hall–Kier alpha value is -3.28. The van der Waals surface area contributed by atoms with E-state index in [2.05, 4.69) is 103 Å².